The number of benzene rings is 1. The number of aliphatic imine (C=N–C) groups is 1. The second-order valence-corrected chi connectivity index (χ2v) is 3.06. The van der Waals surface area contributed by atoms with Crippen LogP contribution in [0.2, 0.25) is 0 Å². The van der Waals surface area contributed by atoms with E-state index in [-0.39, 0.29) is 5.75 Å². The Bertz CT molecular complexity index is 449. The van der Waals surface area contributed by atoms with Gasteiger partial charge in [-0.25, -0.2) is 0 Å². The van der Waals surface area contributed by atoms with Crippen LogP contribution in [-0.4, -0.2) is 16.3 Å². The Morgan fingerprint density at radius 2 is 1.93 bits per heavy atom. The lowest BCUT2D eigenvalue weighted by Gasteiger charge is -1.94. The second kappa shape index (κ2) is 4.37. The monoisotopic (exact) mass is 198 g/mol. The number of aromatic hydroxyl groups is 1. The Morgan fingerprint density at radius 1 is 1.13 bits per heavy atom. The molecule has 0 unspecified atom stereocenters. The Hall–Kier alpha value is -2.16. The molecule has 0 saturated carbocycles. The van der Waals surface area contributed by atoms with Crippen LogP contribution < -0.4 is 0 Å². The first-order valence-electron chi connectivity index (χ1n) is 4.58. The summed E-state index contributed by atoms with van der Waals surface area (Å²) in [6, 6.07) is 10.5. The van der Waals surface area contributed by atoms with E-state index in [9.17, 15) is 0 Å². The van der Waals surface area contributed by atoms with Gasteiger partial charge in [0.1, 0.15) is 5.75 Å². The topological polar surface area (TPSA) is 45.5 Å². The van der Waals surface area contributed by atoms with Gasteiger partial charge < -0.3 is 5.11 Å². The van der Waals surface area contributed by atoms with Gasteiger partial charge in [0.05, 0.1) is 5.69 Å². The summed E-state index contributed by atoms with van der Waals surface area (Å²) >= 11 is 0. The van der Waals surface area contributed by atoms with Gasteiger partial charge in [0.15, 0.2) is 0 Å². The molecule has 74 valence electrons. The van der Waals surface area contributed by atoms with Gasteiger partial charge in [-0.15, -0.1) is 0 Å². The van der Waals surface area contributed by atoms with Crippen LogP contribution in [-0.2, 0) is 0 Å². The fourth-order valence-corrected chi connectivity index (χ4v) is 1.14. The molecule has 3 nitrogen and oxygen atoms in total. The zero-order valence-electron chi connectivity index (χ0n) is 8.04. The van der Waals surface area contributed by atoms with Crippen LogP contribution in [0, 0.1) is 0 Å². The molecule has 15 heavy (non-hydrogen) atoms. The van der Waals surface area contributed by atoms with Crippen molar-refractivity contribution in [1.29, 1.82) is 0 Å². The molecule has 1 aromatic heterocycles. The lowest BCUT2D eigenvalue weighted by Crippen LogP contribution is -1.80. The second-order valence-electron chi connectivity index (χ2n) is 3.06. The van der Waals surface area contributed by atoms with Crippen molar-refractivity contribution in [3.05, 3.63) is 54.4 Å². The summed E-state index contributed by atoms with van der Waals surface area (Å²) < 4.78 is 0. The predicted molar refractivity (Wildman–Crippen MR) is 59.6 cm³/mol. The zero-order chi connectivity index (χ0) is 10.5. The van der Waals surface area contributed by atoms with Crippen molar-refractivity contribution < 1.29 is 5.11 Å². The lowest BCUT2D eigenvalue weighted by molar-refractivity contribution is 0.475. The van der Waals surface area contributed by atoms with E-state index in [1.165, 1.54) is 0 Å². The van der Waals surface area contributed by atoms with Gasteiger partial charge in [-0.3, -0.25) is 9.98 Å². The lowest BCUT2D eigenvalue weighted by atomic mass is 10.3. The van der Waals surface area contributed by atoms with E-state index in [4.69, 9.17) is 5.11 Å². The number of hydrogen-bond acceptors (Lipinski definition) is 3. The standard InChI is InChI=1S/C12H10N2O/c15-12-5-3-11(4-6-12)14-9-10-2-1-7-13-8-10/h1-9,15H. The Kier molecular flexibility index (Phi) is 2.74. The number of nitrogens with zero attached hydrogens (tertiary/aromatic N) is 2. The molecule has 0 amide bonds. The van der Waals surface area contributed by atoms with Crippen molar-refractivity contribution in [2.75, 3.05) is 0 Å². The third-order valence-electron chi connectivity index (χ3n) is 1.90. The maximum absolute atomic E-state index is 9.08. The summed E-state index contributed by atoms with van der Waals surface area (Å²) in [7, 11) is 0. The van der Waals surface area contributed by atoms with E-state index in [1.54, 1.807) is 42.9 Å². The van der Waals surface area contributed by atoms with E-state index in [2.05, 4.69) is 9.98 Å². The molecule has 0 atom stereocenters. The third-order valence-corrected chi connectivity index (χ3v) is 1.90. The highest BCUT2D eigenvalue weighted by molar-refractivity contribution is 5.81. The third kappa shape index (κ3) is 2.64. The highest BCUT2D eigenvalue weighted by Gasteiger charge is 1.89. The normalized spacial score (nSPS) is 10.7. The highest BCUT2D eigenvalue weighted by atomic mass is 16.3. The van der Waals surface area contributed by atoms with E-state index in [1.807, 2.05) is 12.1 Å². The summed E-state index contributed by atoms with van der Waals surface area (Å²) in [5.74, 6) is 0.246. The van der Waals surface area contributed by atoms with Crippen LogP contribution in [0.5, 0.6) is 5.75 Å². The van der Waals surface area contributed by atoms with Gasteiger partial charge in [0, 0.05) is 24.2 Å². The molecule has 0 aliphatic carbocycles. The van der Waals surface area contributed by atoms with Crippen molar-refractivity contribution in [2.45, 2.75) is 0 Å². The Balaban J connectivity index is 2.15. The van der Waals surface area contributed by atoms with Gasteiger partial charge >= 0.3 is 0 Å². The molecule has 0 fully saturated rings. The van der Waals surface area contributed by atoms with Crippen molar-refractivity contribution in [3.8, 4) is 5.75 Å². The van der Waals surface area contributed by atoms with Crippen LogP contribution in [0.15, 0.2) is 53.8 Å². The van der Waals surface area contributed by atoms with Crippen LogP contribution in [0.4, 0.5) is 5.69 Å². The molecule has 0 spiro atoms. The first kappa shape index (κ1) is 9.40. The summed E-state index contributed by atoms with van der Waals surface area (Å²) in [5.41, 5.74) is 1.75. The van der Waals surface area contributed by atoms with Gasteiger partial charge in [-0.1, -0.05) is 6.07 Å². The Morgan fingerprint density at radius 3 is 2.60 bits per heavy atom. The highest BCUT2D eigenvalue weighted by Crippen LogP contribution is 2.16. The van der Waals surface area contributed by atoms with E-state index in [0.29, 0.717) is 0 Å². The maximum atomic E-state index is 9.08. The van der Waals surface area contributed by atoms with Gasteiger partial charge in [-0.2, -0.15) is 0 Å². The van der Waals surface area contributed by atoms with Crippen molar-refractivity contribution in [1.82, 2.24) is 4.98 Å². The number of phenols is 1. The quantitative estimate of drug-likeness (QED) is 0.753. The molecular formula is C12H10N2O. The molecule has 3 heteroatoms. The summed E-state index contributed by atoms with van der Waals surface area (Å²) in [6.45, 7) is 0. The molecule has 0 saturated heterocycles. The average Bonchev–Trinajstić information content (AvgIpc) is 2.30. The summed E-state index contributed by atoms with van der Waals surface area (Å²) in [6.07, 6.45) is 5.20. The minimum absolute atomic E-state index is 0.246. The van der Waals surface area contributed by atoms with E-state index >= 15 is 0 Å². The smallest absolute Gasteiger partial charge is 0.115 e. The molecular weight excluding hydrogens is 188 g/mol. The first-order valence-corrected chi connectivity index (χ1v) is 4.58. The molecule has 2 rings (SSSR count). The van der Waals surface area contributed by atoms with Crippen LogP contribution in [0.3, 0.4) is 0 Å². The van der Waals surface area contributed by atoms with E-state index < -0.39 is 0 Å². The zero-order valence-corrected chi connectivity index (χ0v) is 8.04. The molecule has 1 aromatic carbocycles. The Labute approximate surface area is 87.8 Å². The molecule has 1 heterocycles. The summed E-state index contributed by atoms with van der Waals surface area (Å²) in [5, 5.41) is 9.08. The van der Waals surface area contributed by atoms with Crippen molar-refractivity contribution >= 4 is 11.9 Å². The molecule has 0 aliphatic heterocycles. The maximum Gasteiger partial charge on any atom is 0.115 e. The fraction of sp³-hybridized carbons (Fsp3) is 0. The first-order chi connectivity index (χ1) is 7.34. The number of hydrogen-bond donors (Lipinski definition) is 1. The number of aromatic nitrogens is 1. The van der Waals surface area contributed by atoms with Crippen molar-refractivity contribution in [3.63, 3.8) is 0 Å². The fourth-order valence-electron chi connectivity index (χ4n) is 1.14. The molecule has 0 aliphatic rings. The minimum atomic E-state index is 0.246. The molecule has 0 radical (unpaired) electrons. The van der Waals surface area contributed by atoms with E-state index in [0.717, 1.165) is 11.3 Å². The number of phenolic OH excluding ortho intramolecular Hbond substituents is 1. The number of pyridine rings is 1. The van der Waals surface area contributed by atoms with Gasteiger partial charge in [-0.05, 0) is 30.3 Å². The molecule has 0 bridgehead atoms. The largest absolute Gasteiger partial charge is 0.508 e. The van der Waals surface area contributed by atoms with Crippen LogP contribution >= 0.6 is 0 Å². The number of rotatable bonds is 2. The average molecular weight is 198 g/mol. The van der Waals surface area contributed by atoms with Crippen LogP contribution in [0.25, 0.3) is 0 Å². The van der Waals surface area contributed by atoms with Gasteiger partial charge in [0.25, 0.3) is 0 Å². The van der Waals surface area contributed by atoms with Crippen LogP contribution in [0.1, 0.15) is 5.56 Å². The molecule has 1 N–H and O–H groups in total. The summed E-state index contributed by atoms with van der Waals surface area (Å²) in [4.78, 5) is 8.22. The molecule has 2 aromatic rings. The SMILES string of the molecule is Oc1ccc(N=Cc2cccnc2)cc1. The van der Waals surface area contributed by atoms with Gasteiger partial charge in [0.2, 0.25) is 0 Å². The minimum Gasteiger partial charge on any atom is -0.508 e. The predicted octanol–water partition coefficient (Wildman–Crippen LogP) is 2.54. The van der Waals surface area contributed by atoms with Crippen molar-refractivity contribution in [2.24, 2.45) is 4.99 Å².